The summed E-state index contributed by atoms with van der Waals surface area (Å²) in [5.41, 5.74) is 16.7. The van der Waals surface area contributed by atoms with E-state index in [2.05, 4.69) is 199 Å². The standard InChI is InChI=1S/C54H33N3/c1-4-13-34(14-5-1)44-30-27-38-25-26-39-28-31-45(56-54(39)53(38)55-44)40-20-10-21-41(33-40)57-46-24-12-23-43-49(36-17-8-3-9-18-36)48(35-15-6-2-7-16-35)42-22-11-19-37-29-32-47(57)52(50(37)42)51(43)46/h1-33H. The summed E-state index contributed by atoms with van der Waals surface area (Å²) in [6.07, 6.45) is 0. The minimum absolute atomic E-state index is 0.908. The molecule has 0 saturated heterocycles. The zero-order valence-electron chi connectivity index (χ0n) is 30.9. The van der Waals surface area contributed by atoms with Gasteiger partial charge in [0, 0.05) is 38.4 Å². The van der Waals surface area contributed by atoms with Gasteiger partial charge in [-0.25, -0.2) is 9.97 Å². The van der Waals surface area contributed by atoms with Gasteiger partial charge in [-0.05, 0) is 80.6 Å². The molecule has 0 fully saturated rings. The van der Waals surface area contributed by atoms with Gasteiger partial charge in [0.25, 0.3) is 0 Å². The highest BCUT2D eigenvalue weighted by molar-refractivity contribution is 6.31. The number of fused-ring (bicyclic) bond motifs is 3. The fraction of sp³-hybridized carbons (Fsp3) is 0. The minimum Gasteiger partial charge on any atom is -0.309 e. The average Bonchev–Trinajstić information content (AvgIpc) is 3.56. The van der Waals surface area contributed by atoms with Gasteiger partial charge in [-0.2, -0.15) is 0 Å². The molecule has 3 aromatic heterocycles. The Morgan fingerprint density at radius 2 is 0.807 bits per heavy atom. The van der Waals surface area contributed by atoms with Crippen molar-refractivity contribution in [1.82, 2.24) is 14.5 Å². The van der Waals surface area contributed by atoms with Gasteiger partial charge >= 0.3 is 0 Å². The van der Waals surface area contributed by atoms with Crippen molar-refractivity contribution in [3.05, 3.63) is 222 Å². The SMILES string of the molecule is c1ccc(C2=C(c3ccccc3)c3cccc4c3c3c5c2cccc5ccc3n4-c2cccc(-c3ccc4ccc5ccc(-c6ccccc6)nc5c4n3)c2)cc1. The Hall–Kier alpha value is -7.62. The molecular weight excluding hydrogens is 691 g/mol. The van der Waals surface area contributed by atoms with Gasteiger partial charge in [0.05, 0.1) is 33.5 Å². The Morgan fingerprint density at radius 3 is 1.46 bits per heavy atom. The molecule has 0 saturated carbocycles. The van der Waals surface area contributed by atoms with Crippen molar-refractivity contribution in [3.8, 4) is 28.2 Å². The van der Waals surface area contributed by atoms with E-state index in [1.54, 1.807) is 0 Å². The van der Waals surface area contributed by atoms with Crippen LogP contribution in [-0.4, -0.2) is 14.5 Å². The van der Waals surface area contributed by atoms with Crippen LogP contribution < -0.4 is 0 Å². The number of pyridine rings is 2. The van der Waals surface area contributed by atoms with Crippen LogP contribution in [0, 0.1) is 0 Å². The maximum absolute atomic E-state index is 5.33. The molecule has 57 heavy (non-hydrogen) atoms. The first kappa shape index (κ1) is 31.7. The van der Waals surface area contributed by atoms with Crippen molar-refractivity contribution >= 4 is 65.5 Å². The highest BCUT2D eigenvalue weighted by atomic mass is 15.0. The molecule has 0 N–H and O–H groups in total. The van der Waals surface area contributed by atoms with Gasteiger partial charge < -0.3 is 4.57 Å². The lowest BCUT2D eigenvalue weighted by atomic mass is 9.85. The molecule has 8 aromatic carbocycles. The summed E-state index contributed by atoms with van der Waals surface area (Å²) in [4.78, 5) is 10.5. The Kier molecular flexibility index (Phi) is 6.93. The zero-order valence-corrected chi connectivity index (χ0v) is 30.9. The summed E-state index contributed by atoms with van der Waals surface area (Å²) in [5.74, 6) is 0. The maximum Gasteiger partial charge on any atom is 0.0972 e. The number of nitrogens with zero attached hydrogens (tertiary/aromatic N) is 3. The predicted octanol–water partition coefficient (Wildman–Crippen LogP) is 13.7. The van der Waals surface area contributed by atoms with Crippen LogP contribution in [-0.2, 0) is 0 Å². The fourth-order valence-corrected chi connectivity index (χ4v) is 9.20. The second kappa shape index (κ2) is 12.5. The average molecular weight is 724 g/mol. The summed E-state index contributed by atoms with van der Waals surface area (Å²) < 4.78 is 2.45. The molecule has 0 bridgehead atoms. The topological polar surface area (TPSA) is 30.7 Å². The van der Waals surface area contributed by atoms with E-state index in [9.17, 15) is 0 Å². The molecule has 1 aliphatic rings. The molecule has 0 amide bonds. The molecule has 11 aromatic rings. The van der Waals surface area contributed by atoms with Crippen LogP contribution in [0.4, 0.5) is 0 Å². The van der Waals surface area contributed by atoms with E-state index < -0.39 is 0 Å². The number of rotatable bonds is 5. The third-order valence-electron chi connectivity index (χ3n) is 11.7. The lowest BCUT2D eigenvalue weighted by Crippen LogP contribution is -1.99. The first-order valence-electron chi connectivity index (χ1n) is 19.5. The molecule has 0 aliphatic heterocycles. The van der Waals surface area contributed by atoms with Crippen LogP contribution in [0.1, 0.15) is 22.3 Å². The van der Waals surface area contributed by atoms with Gasteiger partial charge in [0.1, 0.15) is 0 Å². The highest BCUT2D eigenvalue weighted by Gasteiger charge is 2.27. The second-order valence-corrected chi connectivity index (χ2v) is 14.9. The third kappa shape index (κ3) is 4.86. The van der Waals surface area contributed by atoms with Crippen molar-refractivity contribution in [2.45, 2.75) is 0 Å². The van der Waals surface area contributed by atoms with E-state index >= 15 is 0 Å². The van der Waals surface area contributed by atoms with Crippen molar-refractivity contribution in [3.63, 3.8) is 0 Å². The van der Waals surface area contributed by atoms with E-state index in [0.29, 0.717) is 0 Å². The quantitative estimate of drug-likeness (QED) is 0.166. The van der Waals surface area contributed by atoms with Crippen LogP contribution in [0.3, 0.4) is 0 Å². The molecule has 12 rings (SSSR count). The molecule has 264 valence electrons. The second-order valence-electron chi connectivity index (χ2n) is 14.9. The van der Waals surface area contributed by atoms with Gasteiger partial charge in [-0.3, -0.25) is 0 Å². The van der Waals surface area contributed by atoms with E-state index in [1.807, 2.05) is 6.07 Å². The largest absolute Gasteiger partial charge is 0.309 e. The number of hydrogen-bond donors (Lipinski definition) is 0. The molecule has 1 aliphatic carbocycles. The van der Waals surface area contributed by atoms with Crippen molar-refractivity contribution < 1.29 is 0 Å². The Bertz CT molecular complexity index is 3430. The highest BCUT2D eigenvalue weighted by Crippen LogP contribution is 2.50. The van der Waals surface area contributed by atoms with Crippen molar-refractivity contribution in [1.29, 1.82) is 0 Å². The third-order valence-corrected chi connectivity index (χ3v) is 11.7. The molecule has 0 spiro atoms. The van der Waals surface area contributed by atoms with E-state index in [4.69, 9.17) is 9.97 Å². The lowest BCUT2D eigenvalue weighted by Gasteiger charge is -2.19. The van der Waals surface area contributed by atoms with Gasteiger partial charge in [-0.15, -0.1) is 0 Å². The minimum atomic E-state index is 0.908. The molecule has 3 nitrogen and oxygen atoms in total. The lowest BCUT2D eigenvalue weighted by molar-refractivity contribution is 1.18. The monoisotopic (exact) mass is 723 g/mol. The zero-order chi connectivity index (χ0) is 37.5. The summed E-state index contributed by atoms with van der Waals surface area (Å²) in [6.45, 7) is 0. The predicted molar refractivity (Wildman–Crippen MR) is 238 cm³/mol. The van der Waals surface area contributed by atoms with Crippen molar-refractivity contribution in [2.75, 3.05) is 0 Å². The maximum atomic E-state index is 5.33. The first-order chi connectivity index (χ1) is 28.3. The number of hydrogen-bond acceptors (Lipinski definition) is 2. The number of aromatic nitrogens is 3. The summed E-state index contributed by atoms with van der Waals surface area (Å²) in [5, 5.41) is 7.24. The Labute approximate surface area is 329 Å². The first-order valence-corrected chi connectivity index (χ1v) is 19.5. The summed E-state index contributed by atoms with van der Waals surface area (Å²) in [6, 6.07) is 72.1. The molecule has 0 unspecified atom stereocenters. The van der Waals surface area contributed by atoms with Gasteiger partial charge in [-0.1, -0.05) is 164 Å². The van der Waals surface area contributed by atoms with E-state index in [1.165, 1.54) is 66.0 Å². The molecule has 3 heteroatoms. The molecule has 0 atom stereocenters. The van der Waals surface area contributed by atoms with Crippen LogP contribution in [0.25, 0.3) is 93.7 Å². The van der Waals surface area contributed by atoms with Crippen LogP contribution >= 0.6 is 0 Å². The Morgan fingerprint density at radius 1 is 0.316 bits per heavy atom. The molecule has 3 heterocycles. The summed E-state index contributed by atoms with van der Waals surface area (Å²) >= 11 is 0. The molecule has 0 radical (unpaired) electrons. The number of benzene rings is 8. The van der Waals surface area contributed by atoms with Gasteiger partial charge in [0.2, 0.25) is 0 Å². The van der Waals surface area contributed by atoms with E-state index in [-0.39, 0.29) is 0 Å². The van der Waals surface area contributed by atoms with Crippen LogP contribution in [0.5, 0.6) is 0 Å². The summed E-state index contributed by atoms with van der Waals surface area (Å²) in [7, 11) is 0. The van der Waals surface area contributed by atoms with Crippen molar-refractivity contribution in [2.24, 2.45) is 0 Å². The normalized spacial score (nSPS) is 12.5. The van der Waals surface area contributed by atoms with E-state index in [0.717, 1.165) is 50.0 Å². The molecular formula is C54H33N3. The van der Waals surface area contributed by atoms with Crippen LogP contribution in [0.2, 0.25) is 0 Å². The smallest absolute Gasteiger partial charge is 0.0972 e. The van der Waals surface area contributed by atoms with Gasteiger partial charge in [0.15, 0.2) is 0 Å². The van der Waals surface area contributed by atoms with Crippen LogP contribution in [0.15, 0.2) is 200 Å². The fourth-order valence-electron chi connectivity index (χ4n) is 9.20. The Balaban J connectivity index is 1.10.